The quantitative estimate of drug-likeness (QED) is 0.194. The van der Waals surface area contributed by atoms with E-state index in [-0.39, 0.29) is 27.2 Å². The van der Waals surface area contributed by atoms with Crippen molar-refractivity contribution in [3.05, 3.63) is 92.3 Å². The van der Waals surface area contributed by atoms with E-state index >= 15 is 0 Å². The Bertz CT molecular complexity index is 1650. The molecule has 0 fully saturated rings. The third-order valence-electron chi connectivity index (χ3n) is 5.93. The van der Waals surface area contributed by atoms with Crippen LogP contribution in [0, 0.1) is 0 Å². The molecule has 2 heterocycles. The molecule has 33 heavy (non-hydrogen) atoms. The van der Waals surface area contributed by atoms with E-state index in [0.717, 1.165) is 32.0 Å². The predicted octanol–water partition coefficient (Wildman–Crippen LogP) is 7.22. The molecule has 0 saturated carbocycles. The number of aryl methyl sites for hydroxylation is 1. The lowest BCUT2D eigenvalue weighted by molar-refractivity contribution is 0.0990. The highest BCUT2D eigenvalue weighted by Gasteiger charge is 2.34. The number of nitrogens with zero attached hydrogens (tertiary/aromatic N) is 2. The summed E-state index contributed by atoms with van der Waals surface area (Å²) in [5.41, 5.74) is 2.67. The predicted molar refractivity (Wildman–Crippen MR) is 135 cm³/mol. The molecule has 0 bridgehead atoms. The highest BCUT2D eigenvalue weighted by Crippen LogP contribution is 2.36. The number of hydrogen-bond acceptors (Lipinski definition) is 4. The van der Waals surface area contributed by atoms with E-state index in [1.54, 1.807) is 6.08 Å². The zero-order valence-electron chi connectivity index (χ0n) is 17.2. The fourth-order valence-electron chi connectivity index (χ4n) is 4.24. The number of hydrogen-bond donors (Lipinski definition) is 0. The zero-order valence-corrected chi connectivity index (χ0v) is 19.6. The summed E-state index contributed by atoms with van der Waals surface area (Å²) in [4.78, 5) is 32.1. The van der Waals surface area contributed by atoms with E-state index in [1.807, 2.05) is 29.8 Å². The molecule has 1 aliphatic carbocycles. The molecule has 3 aromatic carbocycles. The average molecular weight is 489 g/mol. The number of fused-ring (bicyclic) bond motifs is 3. The number of allylic oxidation sites excluding steroid dienone is 1. The highest BCUT2D eigenvalue weighted by molar-refractivity contribution is 7.19. The molecule has 2 aromatic heterocycles. The SMILES string of the molecule is Cn1c(-c2ccc3ccccc3c2)nc2sc(C=C3C(=O)c4cc(Cl)c(Cl)cc4C3=O)cc21. The number of imidazole rings is 1. The summed E-state index contributed by atoms with van der Waals surface area (Å²) < 4.78 is 2.03. The number of halogens is 2. The zero-order chi connectivity index (χ0) is 22.9. The minimum atomic E-state index is -0.337. The van der Waals surface area contributed by atoms with Gasteiger partial charge in [0.1, 0.15) is 10.7 Å². The van der Waals surface area contributed by atoms with Crippen LogP contribution in [0.25, 0.3) is 38.6 Å². The second-order valence-electron chi connectivity index (χ2n) is 7.92. The molecular weight excluding hydrogens is 475 g/mol. The number of rotatable bonds is 2. The van der Waals surface area contributed by atoms with E-state index in [9.17, 15) is 9.59 Å². The third kappa shape index (κ3) is 3.16. The van der Waals surface area contributed by atoms with E-state index < -0.39 is 0 Å². The van der Waals surface area contributed by atoms with Gasteiger partial charge in [-0.3, -0.25) is 9.59 Å². The molecule has 160 valence electrons. The summed E-state index contributed by atoms with van der Waals surface area (Å²) in [5, 5.41) is 2.85. The molecule has 0 saturated heterocycles. The van der Waals surface area contributed by atoms with E-state index in [4.69, 9.17) is 28.2 Å². The molecule has 0 spiro atoms. The Morgan fingerprint density at radius 1 is 0.879 bits per heavy atom. The Labute approximate surface area is 202 Å². The molecule has 7 heteroatoms. The minimum Gasteiger partial charge on any atom is -0.326 e. The largest absolute Gasteiger partial charge is 0.326 e. The summed E-state index contributed by atoms with van der Waals surface area (Å²) in [6.45, 7) is 0. The van der Waals surface area contributed by atoms with Crippen LogP contribution in [0.1, 0.15) is 25.6 Å². The topological polar surface area (TPSA) is 52.0 Å². The Balaban J connectivity index is 1.40. The number of carbonyl (C=O) groups excluding carboxylic acids is 2. The fraction of sp³-hybridized carbons (Fsp3) is 0.0385. The van der Waals surface area contributed by atoms with E-state index in [2.05, 4.69) is 30.3 Å². The van der Waals surface area contributed by atoms with Gasteiger partial charge in [0.2, 0.25) is 0 Å². The summed E-state index contributed by atoms with van der Waals surface area (Å²) >= 11 is 13.5. The monoisotopic (exact) mass is 488 g/mol. The van der Waals surface area contributed by atoms with Gasteiger partial charge in [0.05, 0.1) is 21.1 Å². The van der Waals surface area contributed by atoms with Crippen LogP contribution in [0.3, 0.4) is 0 Å². The van der Waals surface area contributed by atoms with Crippen molar-refractivity contribution in [1.29, 1.82) is 0 Å². The number of ketones is 2. The summed E-state index contributed by atoms with van der Waals surface area (Å²) in [5.74, 6) is 0.192. The lowest BCUT2D eigenvalue weighted by Gasteiger charge is -2.04. The van der Waals surface area contributed by atoms with Crippen molar-refractivity contribution in [2.24, 2.45) is 7.05 Å². The Hall–Kier alpha value is -3.25. The van der Waals surface area contributed by atoms with Crippen LogP contribution < -0.4 is 0 Å². The molecule has 1 aliphatic rings. The van der Waals surface area contributed by atoms with Gasteiger partial charge in [-0.15, -0.1) is 11.3 Å². The van der Waals surface area contributed by atoms with Crippen molar-refractivity contribution >= 4 is 73.3 Å². The van der Waals surface area contributed by atoms with Gasteiger partial charge in [0.25, 0.3) is 0 Å². The first-order chi connectivity index (χ1) is 15.9. The summed E-state index contributed by atoms with van der Waals surface area (Å²) in [6, 6.07) is 19.4. The molecule has 0 amide bonds. The van der Waals surface area contributed by atoms with Gasteiger partial charge < -0.3 is 4.57 Å². The number of carbonyl (C=O) groups is 2. The maximum absolute atomic E-state index is 12.8. The van der Waals surface area contributed by atoms with Gasteiger partial charge in [-0.1, -0.05) is 59.6 Å². The normalized spacial score (nSPS) is 13.4. The van der Waals surface area contributed by atoms with Crippen LogP contribution >= 0.6 is 34.5 Å². The van der Waals surface area contributed by atoms with Crippen molar-refractivity contribution in [2.75, 3.05) is 0 Å². The second kappa shape index (κ2) is 7.39. The van der Waals surface area contributed by atoms with Crippen LogP contribution in [0.5, 0.6) is 0 Å². The van der Waals surface area contributed by atoms with Gasteiger partial charge in [-0.05, 0) is 41.1 Å². The highest BCUT2D eigenvalue weighted by atomic mass is 35.5. The molecule has 5 aromatic rings. The standard InChI is InChI=1S/C26H14Cl2N2O2S/c1-30-22-10-16(9-19-23(31)17-11-20(27)21(28)12-18(17)24(19)32)33-26(22)29-25(30)15-7-6-13-4-2-3-5-14(13)8-15/h2-12H,1H3. The number of benzene rings is 3. The molecule has 0 N–H and O–H groups in total. The molecular formula is C26H14Cl2N2O2S. The average Bonchev–Trinajstić information content (AvgIpc) is 3.42. The smallest absolute Gasteiger partial charge is 0.197 e. The number of aromatic nitrogens is 2. The molecule has 0 radical (unpaired) electrons. The van der Waals surface area contributed by atoms with Crippen LogP contribution in [0.4, 0.5) is 0 Å². The minimum absolute atomic E-state index is 0.115. The van der Waals surface area contributed by atoms with Gasteiger partial charge >= 0.3 is 0 Å². The van der Waals surface area contributed by atoms with Gasteiger partial charge in [0.15, 0.2) is 11.6 Å². The maximum atomic E-state index is 12.8. The first-order valence-corrected chi connectivity index (χ1v) is 11.7. The van der Waals surface area contributed by atoms with Gasteiger partial charge in [0, 0.05) is 28.6 Å². The lowest BCUT2D eigenvalue weighted by atomic mass is 10.1. The Morgan fingerprint density at radius 2 is 1.55 bits per heavy atom. The lowest BCUT2D eigenvalue weighted by Crippen LogP contribution is -1.99. The van der Waals surface area contributed by atoms with E-state index in [1.165, 1.54) is 28.9 Å². The van der Waals surface area contributed by atoms with Crippen molar-refractivity contribution < 1.29 is 9.59 Å². The Morgan fingerprint density at radius 3 is 2.21 bits per heavy atom. The summed E-state index contributed by atoms with van der Waals surface area (Å²) in [6.07, 6.45) is 1.63. The van der Waals surface area contributed by atoms with E-state index in [0.29, 0.717) is 11.1 Å². The molecule has 0 unspecified atom stereocenters. The fourth-order valence-corrected chi connectivity index (χ4v) is 5.57. The maximum Gasteiger partial charge on any atom is 0.197 e. The van der Waals surface area contributed by atoms with Crippen molar-refractivity contribution in [2.45, 2.75) is 0 Å². The van der Waals surface area contributed by atoms with Crippen molar-refractivity contribution in [3.63, 3.8) is 0 Å². The molecule has 6 rings (SSSR count). The Kier molecular flexibility index (Phi) is 4.56. The number of Topliss-reactive ketones (excluding diaryl/α,β-unsaturated/α-hetero) is 2. The van der Waals surface area contributed by atoms with Crippen LogP contribution in [-0.4, -0.2) is 21.1 Å². The molecule has 4 nitrogen and oxygen atoms in total. The van der Waals surface area contributed by atoms with Crippen LogP contribution in [0.2, 0.25) is 10.0 Å². The van der Waals surface area contributed by atoms with Crippen molar-refractivity contribution in [3.8, 4) is 11.4 Å². The first-order valence-electron chi connectivity index (χ1n) is 10.2. The number of thiophene rings is 1. The van der Waals surface area contributed by atoms with Gasteiger partial charge in [-0.25, -0.2) is 4.98 Å². The first kappa shape index (κ1) is 20.4. The molecule has 0 aliphatic heterocycles. The van der Waals surface area contributed by atoms with Crippen LogP contribution in [0.15, 0.2) is 66.2 Å². The third-order valence-corrected chi connectivity index (χ3v) is 7.62. The van der Waals surface area contributed by atoms with Crippen LogP contribution in [-0.2, 0) is 7.05 Å². The second-order valence-corrected chi connectivity index (χ2v) is 9.80. The summed E-state index contributed by atoms with van der Waals surface area (Å²) in [7, 11) is 1.97. The van der Waals surface area contributed by atoms with Gasteiger partial charge in [-0.2, -0.15) is 0 Å². The molecule has 0 atom stereocenters. The van der Waals surface area contributed by atoms with Crippen molar-refractivity contribution in [1.82, 2.24) is 9.55 Å².